The molecule has 3 rings (SSSR count). The van der Waals surface area contributed by atoms with Gasteiger partial charge in [0.25, 0.3) is 5.91 Å². The highest BCUT2D eigenvalue weighted by atomic mass is 32.1. The topological polar surface area (TPSA) is 50.4 Å². The predicted molar refractivity (Wildman–Crippen MR) is 122 cm³/mol. The molecule has 0 unspecified atom stereocenters. The van der Waals surface area contributed by atoms with E-state index in [-0.39, 0.29) is 50.7 Å². The van der Waals surface area contributed by atoms with Crippen molar-refractivity contribution in [1.82, 2.24) is 5.32 Å². The summed E-state index contributed by atoms with van der Waals surface area (Å²) < 4.78 is 57.0. The molecule has 1 amide bonds. The van der Waals surface area contributed by atoms with E-state index in [4.69, 9.17) is 4.74 Å². The molecule has 2 aromatic rings. The molecule has 1 aliphatic rings. The normalized spacial score (nSPS) is 18.2. The van der Waals surface area contributed by atoms with Crippen LogP contribution in [0.25, 0.3) is 0 Å². The summed E-state index contributed by atoms with van der Waals surface area (Å²) >= 11 is 0. The van der Waals surface area contributed by atoms with Crippen LogP contribution < -0.4 is 15.4 Å². The van der Waals surface area contributed by atoms with Crippen molar-refractivity contribution < 1.29 is 27.1 Å². The Bertz CT molecular complexity index is 855. The largest absolute Gasteiger partial charge is 0.497 e. The summed E-state index contributed by atoms with van der Waals surface area (Å²) in [6.07, 6.45) is -1.95. The molecule has 31 heavy (non-hydrogen) atoms. The molecule has 2 N–H and O–H groups in total. The number of carbonyl (C=O) groups excluding carboxylic acids is 1. The number of alkyl halides is 3. The monoisotopic (exact) mass is 478 g/mol. The van der Waals surface area contributed by atoms with Crippen molar-refractivity contribution in [3.63, 3.8) is 0 Å². The van der Waals surface area contributed by atoms with Gasteiger partial charge in [-0.1, -0.05) is 0 Å². The summed E-state index contributed by atoms with van der Waals surface area (Å²) in [7, 11) is 1.55. The van der Waals surface area contributed by atoms with E-state index < -0.39 is 17.6 Å². The minimum atomic E-state index is -4.73. The van der Waals surface area contributed by atoms with Gasteiger partial charge in [0.1, 0.15) is 11.6 Å². The minimum Gasteiger partial charge on any atom is -0.497 e. The molecule has 0 aliphatic heterocycles. The lowest BCUT2D eigenvalue weighted by Crippen LogP contribution is -2.40. The van der Waals surface area contributed by atoms with Crippen LogP contribution in [0.5, 0.6) is 5.75 Å². The van der Waals surface area contributed by atoms with Gasteiger partial charge in [-0.3, -0.25) is 4.79 Å². The van der Waals surface area contributed by atoms with Crippen LogP contribution in [0.4, 0.5) is 23.2 Å². The highest BCUT2D eigenvalue weighted by molar-refractivity contribution is 7.59. The van der Waals surface area contributed by atoms with E-state index in [9.17, 15) is 22.4 Å². The molecule has 0 aromatic heterocycles. The third-order valence-electron chi connectivity index (χ3n) is 5.06. The van der Waals surface area contributed by atoms with Crippen molar-refractivity contribution in [1.29, 1.82) is 0 Å². The van der Waals surface area contributed by atoms with Gasteiger partial charge in [0.15, 0.2) is 0 Å². The SMILES string of the molecule is COc1ccc(C(=O)NC2CCC(Nc3ccc(F)c(C(F)(F)F)c3)CC2)cc1.S.S. The van der Waals surface area contributed by atoms with Crippen LogP contribution in [-0.4, -0.2) is 25.1 Å². The Morgan fingerprint density at radius 3 is 2.10 bits per heavy atom. The summed E-state index contributed by atoms with van der Waals surface area (Å²) in [6, 6.07) is 9.71. The van der Waals surface area contributed by atoms with Crippen molar-refractivity contribution in [2.24, 2.45) is 0 Å². The first-order valence-corrected chi connectivity index (χ1v) is 9.34. The molecule has 1 fully saturated rings. The standard InChI is InChI=1S/C21H22F4N2O2.2H2S/c1-29-17-9-2-13(3-10-17)20(28)27-15-6-4-14(5-7-15)26-16-8-11-19(22)18(12-16)21(23,24)25;;/h2-3,8-12,14-15,26H,4-7H2,1H3,(H,27,28);2*1H2. The highest BCUT2D eigenvalue weighted by Gasteiger charge is 2.34. The van der Waals surface area contributed by atoms with Gasteiger partial charge in [0, 0.05) is 23.3 Å². The second-order valence-electron chi connectivity index (χ2n) is 7.09. The van der Waals surface area contributed by atoms with Crippen LogP contribution in [0.3, 0.4) is 0 Å². The highest BCUT2D eigenvalue weighted by Crippen LogP contribution is 2.33. The van der Waals surface area contributed by atoms with Crippen molar-refractivity contribution >= 4 is 38.6 Å². The molecule has 1 saturated carbocycles. The Labute approximate surface area is 192 Å². The summed E-state index contributed by atoms with van der Waals surface area (Å²) in [5.74, 6) is -0.784. The zero-order valence-corrected chi connectivity index (χ0v) is 18.9. The number of halogens is 4. The number of hydrogen-bond acceptors (Lipinski definition) is 3. The van der Waals surface area contributed by atoms with Crippen LogP contribution in [0.1, 0.15) is 41.6 Å². The van der Waals surface area contributed by atoms with Gasteiger partial charge in [-0.25, -0.2) is 4.39 Å². The summed E-state index contributed by atoms with van der Waals surface area (Å²) in [5.41, 5.74) is -0.496. The summed E-state index contributed by atoms with van der Waals surface area (Å²) in [5, 5.41) is 6.03. The number of amides is 1. The first kappa shape index (κ1) is 27.0. The lowest BCUT2D eigenvalue weighted by atomic mass is 9.90. The van der Waals surface area contributed by atoms with Crippen LogP contribution in [0, 0.1) is 5.82 Å². The van der Waals surface area contributed by atoms with E-state index in [1.807, 2.05) is 0 Å². The first-order chi connectivity index (χ1) is 13.8. The maximum atomic E-state index is 13.4. The fourth-order valence-corrected chi connectivity index (χ4v) is 3.46. The van der Waals surface area contributed by atoms with Gasteiger partial charge >= 0.3 is 6.18 Å². The molecule has 0 radical (unpaired) electrons. The number of hydrogen-bond donors (Lipinski definition) is 2. The van der Waals surface area contributed by atoms with Crippen LogP contribution in [0.2, 0.25) is 0 Å². The average molecular weight is 479 g/mol. The van der Waals surface area contributed by atoms with Crippen molar-refractivity contribution in [3.8, 4) is 5.75 Å². The van der Waals surface area contributed by atoms with E-state index in [0.717, 1.165) is 12.1 Å². The Morgan fingerprint density at radius 1 is 0.968 bits per heavy atom. The van der Waals surface area contributed by atoms with Crippen LogP contribution in [-0.2, 0) is 6.18 Å². The zero-order chi connectivity index (χ0) is 21.0. The van der Waals surface area contributed by atoms with Crippen molar-refractivity contribution in [2.45, 2.75) is 43.9 Å². The number of anilines is 1. The number of methoxy groups -OCH3 is 1. The van der Waals surface area contributed by atoms with E-state index >= 15 is 0 Å². The second kappa shape index (κ2) is 11.5. The average Bonchev–Trinajstić information content (AvgIpc) is 2.70. The molecule has 0 spiro atoms. The third-order valence-corrected chi connectivity index (χ3v) is 5.06. The second-order valence-corrected chi connectivity index (χ2v) is 7.09. The molecule has 2 aromatic carbocycles. The molecule has 0 bridgehead atoms. The first-order valence-electron chi connectivity index (χ1n) is 9.34. The predicted octanol–water partition coefficient (Wildman–Crippen LogP) is 5.23. The molecule has 10 heteroatoms. The zero-order valence-electron chi connectivity index (χ0n) is 16.9. The lowest BCUT2D eigenvalue weighted by molar-refractivity contribution is -0.139. The van der Waals surface area contributed by atoms with Gasteiger partial charge in [-0.15, -0.1) is 0 Å². The van der Waals surface area contributed by atoms with Gasteiger partial charge in [0.2, 0.25) is 0 Å². The van der Waals surface area contributed by atoms with Crippen LogP contribution >= 0.6 is 27.0 Å². The molecule has 1 aliphatic carbocycles. The van der Waals surface area contributed by atoms with E-state index in [1.165, 1.54) is 6.07 Å². The van der Waals surface area contributed by atoms with Gasteiger partial charge in [0.05, 0.1) is 12.7 Å². The number of rotatable bonds is 5. The van der Waals surface area contributed by atoms with Gasteiger partial charge in [-0.2, -0.15) is 40.2 Å². The quantitative estimate of drug-likeness (QED) is 0.579. The van der Waals surface area contributed by atoms with Crippen LogP contribution in [0.15, 0.2) is 42.5 Å². The van der Waals surface area contributed by atoms with Gasteiger partial charge < -0.3 is 15.4 Å². The van der Waals surface area contributed by atoms with Crippen molar-refractivity contribution in [2.75, 3.05) is 12.4 Å². The van der Waals surface area contributed by atoms with E-state index in [2.05, 4.69) is 10.6 Å². The third kappa shape index (κ3) is 7.24. The molecular formula is C21H26F4N2O2S2. The number of nitrogens with one attached hydrogen (secondary N) is 2. The maximum Gasteiger partial charge on any atom is 0.419 e. The Morgan fingerprint density at radius 2 is 1.55 bits per heavy atom. The molecule has 0 heterocycles. The fourth-order valence-electron chi connectivity index (χ4n) is 3.46. The number of carbonyl (C=O) groups is 1. The lowest BCUT2D eigenvalue weighted by Gasteiger charge is -2.30. The fraction of sp³-hybridized carbons (Fsp3) is 0.381. The Kier molecular flexibility index (Phi) is 10.0. The molecule has 4 nitrogen and oxygen atoms in total. The molecule has 0 atom stereocenters. The van der Waals surface area contributed by atoms with E-state index in [1.54, 1.807) is 31.4 Å². The maximum absolute atomic E-state index is 13.4. The molecular weight excluding hydrogens is 452 g/mol. The van der Waals surface area contributed by atoms with Gasteiger partial charge in [-0.05, 0) is 68.1 Å². The number of benzene rings is 2. The minimum absolute atomic E-state index is 0. The Balaban J connectivity index is 0.00000240. The smallest absolute Gasteiger partial charge is 0.419 e. The van der Waals surface area contributed by atoms with E-state index in [0.29, 0.717) is 37.0 Å². The number of ether oxygens (including phenoxy) is 1. The molecule has 172 valence electrons. The summed E-state index contributed by atoms with van der Waals surface area (Å²) in [4.78, 5) is 12.3. The summed E-state index contributed by atoms with van der Waals surface area (Å²) in [6.45, 7) is 0. The molecule has 0 saturated heterocycles. The van der Waals surface area contributed by atoms with Crippen molar-refractivity contribution in [3.05, 3.63) is 59.4 Å². The Hall–Kier alpha value is -2.07.